The van der Waals surface area contributed by atoms with Crippen LogP contribution >= 0.6 is 0 Å². The molecule has 0 aliphatic carbocycles. The van der Waals surface area contributed by atoms with E-state index in [-0.39, 0.29) is 0 Å². The molecular formula is C13H14N4O. The molecular weight excluding hydrogens is 228 g/mol. The Morgan fingerprint density at radius 1 is 1.33 bits per heavy atom. The Kier molecular flexibility index (Phi) is 3.92. The van der Waals surface area contributed by atoms with Crippen molar-refractivity contribution in [1.82, 2.24) is 20.2 Å². The Labute approximate surface area is 106 Å². The predicted molar refractivity (Wildman–Crippen MR) is 66.8 cm³/mol. The van der Waals surface area contributed by atoms with Crippen molar-refractivity contribution in [2.24, 2.45) is 0 Å². The van der Waals surface area contributed by atoms with Crippen LogP contribution in [0.1, 0.15) is 18.3 Å². The highest BCUT2D eigenvalue weighted by Gasteiger charge is 2.05. The van der Waals surface area contributed by atoms with Crippen LogP contribution in [0.5, 0.6) is 5.75 Å². The summed E-state index contributed by atoms with van der Waals surface area (Å²) in [5.41, 5.74) is 1.28. The van der Waals surface area contributed by atoms with Gasteiger partial charge in [0.05, 0.1) is 0 Å². The number of hydrogen-bond donors (Lipinski definition) is 0. The van der Waals surface area contributed by atoms with Crippen LogP contribution in [0.4, 0.5) is 0 Å². The molecule has 0 radical (unpaired) electrons. The SMILES string of the molecule is C#CCn1nnnc1COc1ccc(CC)cc1. The van der Waals surface area contributed by atoms with Crippen LogP contribution in [0.15, 0.2) is 24.3 Å². The van der Waals surface area contributed by atoms with Crippen LogP contribution in [0.3, 0.4) is 0 Å². The Bertz CT molecular complexity index is 539. The van der Waals surface area contributed by atoms with Crippen LogP contribution in [0.25, 0.3) is 0 Å². The first kappa shape index (κ1) is 12.1. The van der Waals surface area contributed by atoms with Gasteiger partial charge in [0.1, 0.15) is 18.9 Å². The van der Waals surface area contributed by atoms with Gasteiger partial charge in [-0.3, -0.25) is 0 Å². The number of tetrazole rings is 1. The van der Waals surface area contributed by atoms with Gasteiger partial charge in [0.25, 0.3) is 0 Å². The zero-order valence-electron chi connectivity index (χ0n) is 10.2. The molecule has 0 bridgehead atoms. The van der Waals surface area contributed by atoms with Crippen molar-refractivity contribution in [2.75, 3.05) is 0 Å². The molecule has 0 spiro atoms. The molecule has 0 unspecified atom stereocenters. The third-order valence-corrected chi connectivity index (χ3v) is 2.55. The standard InChI is InChI=1S/C13H14N4O/c1-3-9-17-13(14-15-16-17)10-18-12-7-5-11(4-2)6-8-12/h1,5-8H,4,9-10H2,2H3. The summed E-state index contributed by atoms with van der Waals surface area (Å²) in [5, 5.41) is 11.2. The van der Waals surface area contributed by atoms with Crippen LogP contribution in [0, 0.1) is 12.3 Å². The minimum atomic E-state index is 0.306. The van der Waals surface area contributed by atoms with Gasteiger partial charge in [0, 0.05) is 0 Å². The molecule has 1 aromatic heterocycles. The van der Waals surface area contributed by atoms with E-state index in [2.05, 4.69) is 28.4 Å². The van der Waals surface area contributed by atoms with E-state index in [0.717, 1.165) is 12.2 Å². The highest BCUT2D eigenvalue weighted by Crippen LogP contribution is 2.13. The molecule has 2 aromatic rings. The maximum absolute atomic E-state index is 5.60. The Morgan fingerprint density at radius 2 is 2.11 bits per heavy atom. The van der Waals surface area contributed by atoms with Crippen molar-refractivity contribution < 1.29 is 4.74 Å². The average Bonchev–Trinajstić information content (AvgIpc) is 2.85. The molecule has 5 nitrogen and oxygen atoms in total. The van der Waals surface area contributed by atoms with Crippen molar-refractivity contribution in [3.63, 3.8) is 0 Å². The van der Waals surface area contributed by atoms with Gasteiger partial charge in [0.2, 0.25) is 0 Å². The molecule has 5 heteroatoms. The molecule has 0 aliphatic rings. The van der Waals surface area contributed by atoms with Crippen molar-refractivity contribution in [3.05, 3.63) is 35.7 Å². The van der Waals surface area contributed by atoms with E-state index in [1.54, 1.807) is 4.68 Å². The molecule has 92 valence electrons. The lowest BCUT2D eigenvalue weighted by Gasteiger charge is -2.06. The fourth-order valence-electron chi connectivity index (χ4n) is 1.51. The number of hydrogen-bond acceptors (Lipinski definition) is 4. The van der Waals surface area contributed by atoms with Gasteiger partial charge in [0.15, 0.2) is 5.82 Å². The highest BCUT2D eigenvalue weighted by molar-refractivity contribution is 5.27. The second kappa shape index (κ2) is 5.82. The number of nitrogens with zero attached hydrogens (tertiary/aromatic N) is 4. The highest BCUT2D eigenvalue weighted by atomic mass is 16.5. The van der Waals surface area contributed by atoms with E-state index < -0.39 is 0 Å². The summed E-state index contributed by atoms with van der Waals surface area (Å²) in [4.78, 5) is 0. The second-order valence-corrected chi connectivity index (χ2v) is 3.74. The van der Waals surface area contributed by atoms with Crippen LogP contribution < -0.4 is 4.74 Å². The molecule has 0 N–H and O–H groups in total. The number of terminal acetylenes is 1. The third-order valence-electron chi connectivity index (χ3n) is 2.55. The molecule has 0 atom stereocenters. The van der Waals surface area contributed by atoms with Gasteiger partial charge in [-0.05, 0) is 34.5 Å². The Hall–Kier alpha value is -2.35. The molecule has 0 saturated heterocycles. The smallest absolute Gasteiger partial charge is 0.190 e. The number of aryl methyl sites for hydroxylation is 1. The Balaban J connectivity index is 1.98. The summed E-state index contributed by atoms with van der Waals surface area (Å²) in [5.74, 6) is 3.90. The second-order valence-electron chi connectivity index (χ2n) is 3.74. The lowest BCUT2D eigenvalue weighted by molar-refractivity contribution is 0.288. The van der Waals surface area contributed by atoms with E-state index in [4.69, 9.17) is 11.2 Å². The lowest BCUT2D eigenvalue weighted by atomic mass is 10.2. The zero-order chi connectivity index (χ0) is 12.8. The molecule has 0 saturated carbocycles. The third kappa shape index (κ3) is 2.86. The Morgan fingerprint density at radius 3 is 2.78 bits per heavy atom. The van der Waals surface area contributed by atoms with Crippen molar-refractivity contribution in [3.8, 4) is 18.1 Å². The van der Waals surface area contributed by atoms with E-state index in [1.807, 2.05) is 24.3 Å². The van der Waals surface area contributed by atoms with Gasteiger partial charge >= 0.3 is 0 Å². The summed E-state index contributed by atoms with van der Waals surface area (Å²) in [7, 11) is 0. The predicted octanol–water partition coefficient (Wildman–Crippen LogP) is 1.45. The fraction of sp³-hybridized carbons (Fsp3) is 0.308. The number of rotatable bonds is 5. The molecule has 1 heterocycles. The number of benzene rings is 1. The number of ether oxygens (including phenoxy) is 1. The van der Waals surface area contributed by atoms with Crippen molar-refractivity contribution in [2.45, 2.75) is 26.5 Å². The summed E-state index contributed by atoms with van der Waals surface area (Å²) in [6.07, 6.45) is 6.24. The summed E-state index contributed by atoms with van der Waals surface area (Å²) in [6, 6.07) is 7.96. The summed E-state index contributed by atoms with van der Waals surface area (Å²) >= 11 is 0. The number of aromatic nitrogens is 4. The topological polar surface area (TPSA) is 52.8 Å². The van der Waals surface area contributed by atoms with E-state index in [9.17, 15) is 0 Å². The van der Waals surface area contributed by atoms with Gasteiger partial charge in [-0.15, -0.1) is 11.5 Å². The maximum atomic E-state index is 5.60. The van der Waals surface area contributed by atoms with Crippen molar-refractivity contribution >= 4 is 0 Å². The quantitative estimate of drug-likeness (QED) is 0.745. The molecule has 18 heavy (non-hydrogen) atoms. The van der Waals surface area contributed by atoms with Crippen LogP contribution in [-0.4, -0.2) is 20.2 Å². The first-order valence-electron chi connectivity index (χ1n) is 5.73. The first-order valence-corrected chi connectivity index (χ1v) is 5.73. The lowest BCUT2D eigenvalue weighted by Crippen LogP contribution is -2.08. The molecule has 2 rings (SSSR count). The fourth-order valence-corrected chi connectivity index (χ4v) is 1.51. The first-order chi connectivity index (χ1) is 8.83. The normalized spacial score (nSPS) is 10.0. The largest absolute Gasteiger partial charge is 0.486 e. The average molecular weight is 242 g/mol. The molecule has 0 aliphatic heterocycles. The minimum Gasteiger partial charge on any atom is -0.486 e. The monoisotopic (exact) mass is 242 g/mol. The van der Waals surface area contributed by atoms with Gasteiger partial charge in [-0.2, -0.15) is 0 Å². The molecule has 0 amide bonds. The van der Waals surface area contributed by atoms with Crippen LogP contribution in [0.2, 0.25) is 0 Å². The summed E-state index contributed by atoms with van der Waals surface area (Å²) < 4.78 is 7.15. The molecule has 0 fully saturated rings. The van der Waals surface area contributed by atoms with Crippen LogP contribution in [-0.2, 0) is 19.6 Å². The van der Waals surface area contributed by atoms with E-state index >= 15 is 0 Å². The molecule has 1 aromatic carbocycles. The zero-order valence-corrected chi connectivity index (χ0v) is 10.2. The maximum Gasteiger partial charge on any atom is 0.190 e. The van der Waals surface area contributed by atoms with Gasteiger partial charge in [-0.1, -0.05) is 25.0 Å². The minimum absolute atomic E-state index is 0.306. The summed E-state index contributed by atoms with van der Waals surface area (Å²) in [6.45, 7) is 2.77. The van der Waals surface area contributed by atoms with Gasteiger partial charge in [-0.25, -0.2) is 4.68 Å². The van der Waals surface area contributed by atoms with E-state index in [1.165, 1.54) is 5.56 Å². The van der Waals surface area contributed by atoms with Crippen molar-refractivity contribution in [1.29, 1.82) is 0 Å². The van der Waals surface area contributed by atoms with E-state index in [0.29, 0.717) is 19.0 Å². The van der Waals surface area contributed by atoms with Gasteiger partial charge < -0.3 is 4.74 Å².